The molecule has 108 valence electrons. The molecule has 0 atom stereocenters. The van der Waals surface area contributed by atoms with Crippen molar-refractivity contribution in [1.29, 1.82) is 0 Å². The summed E-state index contributed by atoms with van der Waals surface area (Å²) in [4.78, 5) is 15.7. The fourth-order valence-electron chi connectivity index (χ4n) is 1.42. The third-order valence-corrected chi connectivity index (χ3v) is 4.32. The smallest absolute Gasteiger partial charge is 0.287 e. The molecule has 1 aromatic rings. The van der Waals surface area contributed by atoms with Crippen LogP contribution in [0, 0.1) is 0 Å². The highest BCUT2D eigenvalue weighted by molar-refractivity contribution is 6.76. The van der Waals surface area contributed by atoms with Gasteiger partial charge in [0.25, 0.3) is 5.91 Å². The molecular weight excluding hydrogens is 262 g/mol. The number of methoxy groups -OCH3 is 1. The standard InChI is InChI=1S/C12H23N3O3Si/c1-13-12(16)11-14-10(17-2)8-15(11)9-18-6-7-19(3,4)5/h8H,6-7,9H2,1-5H3,(H,13,16). The molecule has 1 heterocycles. The number of aromatic nitrogens is 2. The van der Waals surface area contributed by atoms with Gasteiger partial charge in [-0.3, -0.25) is 9.36 Å². The fourth-order valence-corrected chi connectivity index (χ4v) is 2.18. The van der Waals surface area contributed by atoms with Crippen LogP contribution in [0.1, 0.15) is 10.6 Å². The van der Waals surface area contributed by atoms with E-state index in [2.05, 4.69) is 29.9 Å². The Kier molecular flexibility index (Phi) is 5.55. The van der Waals surface area contributed by atoms with Crippen molar-refractivity contribution in [2.24, 2.45) is 0 Å². The molecule has 0 bridgehead atoms. The van der Waals surface area contributed by atoms with E-state index >= 15 is 0 Å². The van der Waals surface area contributed by atoms with Crippen LogP contribution in [0.2, 0.25) is 25.7 Å². The van der Waals surface area contributed by atoms with Crippen molar-refractivity contribution >= 4 is 14.0 Å². The molecule has 0 unspecified atom stereocenters. The summed E-state index contributed by atoms with van der Waals surface area (Å²) in [5, 5.41) is 2.55. The van der Waals surface area contributed by atoms with E-state index in [1.807, 2.05) is 0 Å². The van der Waals surface area contributed by atoms with E-state index in [0.717, 1.165) is 6.04 Å². The Bertz CT molecular complexity index is 426. The largest absolute Gasteiger partial charge is 0.480 e. The van der Waals surface area contributed by atoms with Gasteiger partial charge in [-0.2, -0.15) is 4.98 Å². The van der Waals surface area contributed by atoms with E-state index in [9.17, 15) is 4.79 Å². The summed E-state index contributed by atoms with van der Waals surface area (Å²) in [6.45, 7) is 7.90. The molecule has 6 nitrogen and oxygen atoms in total. The van der Waals surface area contributed by atoms with Gasteiger partial charge in [-0.25, -0.2) is 0 Å². The van der Waals surface area contributed by atoms with Gasteiger partial charge in [0, 0.05) is 21.7 Å². The van der Waals surface area contributed by atoms with Crippen molar-refractivity contribution in [2.45, 2.75) is 32.4 Å². The predicted octanol–water partition coefficient (Wildman–Crippen LogP) is 1.56. The molecule has 1 amide bonds. The number of amides is 1. The van der Waals surface area contributed by atoms with Crippen LogP contribution < -0.4 is 10.1 Å². The minimum atomic E-state index is -1.09. The van der Waals surface area contributed by atoms with E-state index < -0.39 is 8.07 Å². The van der Waals surface area contributed by atoms with Crippen molar-refractivity contribution in [2.75, 3.05) is 20.8 Å². The molecule has 0 aliphatic heterocycles. The van der Waals surface area contributed by atoms with Gasteiger partial charge in [-0.1, -0.05) is 19.6 Å². The van der Waals surface area contributed by atoms with Gasteiger partial charge in [-0.15, -0.1) is 0 Å². The maximum absolute atomic E-state index is 11.7. The Labute approximate surface area is 115 Å². The van der Waals surface area contributed by atoms with Crippen LogP contribution in [0.15, 0.2) is 6.20 Å². The molecule has 1 rings (SSSR count). The van der Waals surface area contributed by atoms with Crippen LogP contribution in [0.25, 0.3) is 0 Å². The summed E-state index contributed by atoms with van der Waals surface area (Å²) in [5.41, 5.74) is 0. The Morgan fingerprint density at radius 1 is 1.47 bits per heavy atom. The Balaban J connectivity index is 2.61. The van der Waals surface area contributed by atoms with Gasteiger partial charge in [0.15, 0.2) is 0 Å². The number of imidazole rings is 1. The molecule has 1 aromatic heterocycles. The molecule has 0 aliphatic rings. The van der Waals surface area contributed by atoms with Crippen molar-refractivity contribution in [3.8, 4) is 5.88 Å². The zero-order chi connectivity index (χ0) is 14.5. The average molecular weight is 285 g/mol. The lowest BCUT2D eigenvalue weighted by Crippen LogP contribution is -2.24. The highest BCUT2D eigenvalue weighted by atomic mass is 28.3. The van der Waals surface area contributed by atoms with Crippen molar-refractivity contribution in [1.82, 2.24) is 14.9 Å². The molecule has 0 spiro atoms. The lowest BCUT2D eigenvalue weighted by Gasteiger charge is -2.15. The van der Waals surface area contributed by atoms with Gasteiger partial charge >= 0.3 is 0 Å². The second kappa shape index (κ2) is 6.72. The Morgan fingerprint density at radius 3 is 2.68 bits per heavy atom. The van der Waals surface area contributed by atoms with Gasteiger partial charge in [0.1, 0.15) is 6.73 Å². The molecule has 19 heavy (non-hydrogen) atoms. The highest BCUT2D eigenvalue weighted by Crippen LogP contribution is 2.12. The zero-order valence-corrected chi connectivity index (χ0v) is 13.3. The van der Waals surface area contributed by atoms with Gasteiger partial charge in [0.2, 0.25) is 11.7 Å². The van der Waals surface area contributed by atoms with E-state index in [0.29, 0.717) is 25.0 Å². The molecule has 0 saturated carbocycles. The first-order valence-corrected chi connectivity index (χ1v) is 9.99. The number of carbonyl (C=O) groups excluding carboxylic acids is 1. The first-order valence-electron chi connectivity index (χ1n) is 6.28. The first kappa shape index (κ1) is 15.7. The molecule has 7 heteroatoms. The number of ether oxygens (including phenoxy) is 2. The molecule has 1 N–H and O–H groups in total. The van der Waals surface area contributed by atoms with Crippen molar-refractivity contribution in [3.05, 3.63) is 12.0 Å². The topological polar surface area (TPSA) is 65.4 Å². The molecule has 0 aliphatic carbocycles. The van der Waals surface area contributed by atoms with Crippen LogP contribution in [-0.4, -0.2) is 44.3 Å². The normalized spacial score (nSPS) is 11.4. The van der Waals surface area contributed by atoms with Crippen LogP contribution in [0.3, 0.4) is 0 Å². The third kappa shape index (κ3) is 5.04. The second-order valence-electron chi connectivity index (χ2n) is 5.50. The SMILES string of the molecule is CNC(=O)c1nc(OC)cn1COCC[Si](C)(C)C. The van der Waals surface area contributed by atoms with Crippen molar-refractivity contribution < 1.29 is 14.3 Å². The van der Waals surface area contributed by atoms with E-state index in [1.165, 1.54) is 7.11 Å². The maximum Gasteiger partial charge on any atom is 0.287 e. The summed E-state index contributed by atoms with van der Waals surface area (Å²) in [5.74, 6) is 0.455. The average Bonchev–Trinajstić information content (AvgIpc) is 2.76. The summed E-state index contributed by atoms with van der Waals surface area (Å²) < 4.78 is 12.3. The van der Waals surface area contributed by atoms with Gasteiger partial charge < -0.3 is 14.8 Å². The minimum absolute atomic E-state index is 0.253. The van der Waals surface area contributed by atoms with Crippen LogP contribution in [-0.2, 0) is 11.5 Å². The van der Waals surface area contributed by atoms with Gasteiger partial charge in [-0.05, 0) is 6.04 Å². The van der Waals surface area contributed by atoms with Crippen LogP contribution >= 0.6 is 0 Å². The number of rotatable bonds is 7. The predicted molar refractivity (Wildman–Crippen MR) is 76.3 cm³/mol. The summed E-state index contributed by atoms with van der Waals surface area (Å²) >= 11 is 0. The molecule has 0 fully saturated rings. The highest BCUT2D eigenvalue weighted by Gasteiger charge is 2.16. The van der Waals surface area contributed by atoms with Crippen molar-refractivity contribution in [3.63, 3.8) is 0 Å². The molecule has 0 saturated heterocycles. The molecule has 0 radical (unpaired) electrons. The van der Waals surface area contributed by atoms with Gasteiger partial charge in [0.05, 0.1) is 13.3 Å². The van der Waals surface area contributed by atoms with Crippen LogP contribution in [0.4, 0.5) is 0 Å². The lowest BCUT2D eigenvalue weighted by molar-refractivity contribution is 0.0787. The minimum Gasteiger partial charge on any atom is -0.480 e. The summed E-state index contributed by atoms with van der Waals surface area (Å²) in [7, 11) is 2.00. The maximum atomic E-state index is 11.7. The summed E-state index contributed by atoms with van der Waals surface area (Å²) in [6, 6.07) is 1.09. The van der Waals surface area contributed by atoms with E-state index in [-0.39, 0.29) is 5.91 Å². The summed E-state index contributed by atoms with van der Waals surface area (Å²) in [6.07, 6.45) is 1.67. The van der Waals surface area contributed by atoms with E-state index in [1.54, 1.807) is 17.8 Å². The van der Waals surface area contributed by atoms with E-state index in [4.69, 9.17) is 9.47 Å². The van der Waals surface area contributed by atoms with Crippen LogP contribution in [0.5, 0.6) is 5.88 Å². The number of hydrogen-bond acceptors (Lipinski definition) is 4. The Hall–Kier alpha value is -1.34. The third-order valence-electron chi connectivity index (χ3n) is 2.62. The fraction of sp³-hybridized carbons (Fsp3) is 0.667. The zero-order valence-electron chi connectivity index (χ0n) is 12.3. The number of hydrogen-bond donors (Lipinski definition) is 1. The molecule has 0 aromatic carbocycles. The number of nitrogens with zero attached hydrogens (tertiary/aromatic N) is 2. The number of nitrogens with one attached hydrogen (secondary N) is 1. The number of carbonyl (C=O) groups is 1. The lowest BCUT2D eigenvalue weighted by atomic mass is 10.5. The monoisotopic (exact) mass is 285 g/mol. The first-order chi connectivity index (χ1) is 8.87. The molecular formula is C12H23N3O3Si. The Morgan fingerprint density at radius 2 is 2.16 bits per heavy atom. The quantitative estimate of drug-likeness (QED) is 0.610. The second-order valence-corrected chi connectivity index (χ2v) is 11.1.